The normalized spacial score (nSPS) is 10.8. The SMILES string of the molecule is C=CCCOc1ccc(-c2ccc(CCc3ccc(-c4ccc(O)cc4)c(F)c3F)cc2)c(F)c1. The molecule has 0 fully saturated rings. The third-order valence-corrected chi connectivity index (χ3v) is 5.82. The first kappa shape index (κ1) is 24.1. The number of halogens is 3. The van der Waals surface area contributed by atoms with Gasteiger partial charge in [0.05, 0.1) is 6.61 Å². The molecule has 178 valence electrons. The molecule has 0 amide bonds. The van der Waals surface area contributed by atoms with E-state index < -0.39 is 11.6 Å². The molecule has 0 atom stereocenters. The molecule has 0 bridgehead atoms. The largest absolute Gasteiger partial charge is 0.508 e. The number of hydrogen-bond acceptors (Lipinski definition) is 2. The first-order chi connectivity index (χ1) is 17.0. The highest BCUT2D eigenvalue weighted by Crippen LogP contribution is 2.29. The van der Waals surface area contributed by atoms with E-state index >= 15 is 0 Å². The zero-order chi connectivity index (χ0) is 24.8. The second-order valence-electron chi connectivity index (χ2n) is 8.21. The summed E-state index contributed by atoms with van der Waals surface area (Å²) < 4.78 is 49.5. The molecule has 0 unspecified atom stereocenters. The fourth-order valence-corrected chi connectivity index (χ4v) is 3.86. The lowest BCUT2D eigenvalue weighted by molar-refractivity contribution is 0.323. The van der Waals surface area contributed by atoms with Crippen molar-refractivity contribution in [2.45, 2.75) is 19.3 Å². The molecular weight excluding hydrogens is 449 g/mol. The molecule has 4 aromatic rings. The van der Waals surface area contributed by atoms with Crippen LogP contribution in [0.5, 0.6) is 11.5 Å². The monoisotopic (exact) mass is 474 g/mol. The van der Waals surface area contributed by atoms with Gasteiger partial charge in [-0.05, 0) is 65.8 Å². The van der Waals surface area contributed by atoms with Crippen molar-refractivity contribution in [3.05, 3.63) is 120 Å². The van der Waals surface area contributed by atoms with Gasteiger partial charge in [-0.25, -0.2) is 13.2 Å². The summed E-state index contributed by atoms with van der Waals surface area (Å²) in [5.41, 5.74) is 3.04. The van der Waals surface area contributed by atoms with Gasteiger partial charge >= 0.3 is 0 Å². The summed E-state index contributed by atoms with van der Waals surface area (Å²) in [5.74, 6) is -1.62. The van der Waals surface area contributed by atoms with Crippen LogP contribution in [0.2, 0.25) is 0 Å². The van der Waals surface area contributed by atoms with Crippen LogP contribution >= 0.6 is 0 Å². The van der Waals surface area contributed by atoms with E-state index in [0.29, 0.717) is 42.7 Å². The Morgan fingerprint density at radius 1 is 0.743 bits per heavy atom. The van der Waals surface area contributed by atoms with Crippen molar-refractivity contribution < 1.29 is 23.0 Å². The van der Waals surface area contributed by atoms with E-state index in [9.17, 15) is 18.3 Å². The Bertz CT molecular complexity index is 1310. The quantitative estimate of drug-likeness (QED) is 0.197. The van der Waals surface area contributed by atoms with Gasteiger partial charge in [0.25, 0.3) is 0 Å². The number of phenolic OH excluding ortho intramolecular Hbond substituents is 1. The van der Waals surface area contributed by atoms with Gasteiger partial charge in [-0.3, -0.25) is 0 Å². The average molecular weight is 475 g/mol. The van der Waals surface area contributed by atoms with Crippen LogP contribution in [0.15, 0.2) is 91.5 Å². The van der Waals surface area contributed by atoms with Crippen LogP contribution in [-0.2, 0) is 12.8 Å². The Morgan fingerprint density at radius 2 is 1.40 bits per heavy atom. The maximum absolute atomic E-state index is 14.7. The summed E-state index contributed by atoms with van der Waals surface area (Å²) in [6.45, 7) is 4.08. The number of phenols is 1. The summed E-state index contributed by atoms with van der Waals surface area (Å²) in [5, 5.41) is 9.40. The molecule has 4 rings (SSSR count). The van der Waals surface area contributed by atoms with Crippen molar-refractivity contribution in [2.75, 3.05) is 6.61 Å². The second kappa shape index (κ2) is 11.0. The van der Waals surface area contributed by atoms with E-state index in [4.69, 9.17) is 4.74 Å². The van der Waals surface area contributed by atoms with Crippen molar-refractivity contribution >= 4 is 0 Å². The molecule has 0 aliphatic heterocycles. The van der Waals surface area contributed by atoms with Crippen molar-refractivity contribution in [3.63, 3.8) is 0 Å². The van der Waals surface area contributed by atoms with E-state index in [2.05, 4.69) is 6.58 Å². The van der Waals surface area contributed by atoms with Crippen molar-refractivity contribution in [2.24, 2.45) is 0 Å². The highest BCUT2D eigenvalue weighted by Gasteiger charge is 2.15. The minimum Gasteiger partial charge on any atom is -0.508 e. The summed E-state index contributed by atoms with van der Waals surface area (Å²) >= 11 is 0. The maximum atomic E-state index is 14.7. The Kier molecular flexibility index (Phi) is 7.56. The van der Waals surface area contributed by atoms with Gasteiger partial charge in [0.2, 0.25) is 0 Å². The van der Waals surface area contributed by atoms with Gasteiger partial charge in [-0.15, -0.1) is 6.58 Å². The predicted molar refractivity (Wildman–Crippen MR) is 133 cm³/mol. The van der Waals surface area contributed by atoms with Crippen molar-refractivity contribution in [1.29, 1.82) is 0 Å². The van der Waals surface area contributed by atoms with E-state index in [1.807, 2.05) is 24.3 Å². The lowest BCUT2D eigenvalue weighted by Crippen LogP contribution is -2.00. The van der Waals surface area contributed by atoms with Crippen LogP contribution in [0.25, 0.3) is 22.3 Å². The molecule has 0 spiro atoms. The second-order valence-corrected chi connectivity index (χ2v) is 8.21. The minimum atomic E-state index is -0.907. The molecule has 0 aliphatic carbocycles. The number of aryl methyl sites for hydroxylation is 2. The van der Waals surface area contributed by atoms with E-state index in [-0.39, 0.29) is 22.7 Å². The topological polar surface area (TPSA) is 29.5 Å². The molecule has 0 saturated carbocycles. The van der Waals surface area contributed by atoms with E-state index in [1.165, 1.54) is 18.2 Å². The molecule has 0 aromatic heterocycles. The Morgan fingerprint density at radius 3 is 2.09 bits per heavy atom. The number of benzene rings is 4. The number of hydrogen-bond donors (Lipinski definition) is 1. The van der Waals surface area contributed by atoms with Crippen LogP contribution < -0.4 is 4.74 Å². The smallest absolute Gasteiger partial charge is 0.166 e. The molecular formula is C30H25F3O2. The van der Waals surface area contributed by atoms with Gasteiger partial charge < -0.3 is 9.84 Å². The van der Waals surface area contributed by atoms with E-state index in [1.54, 1.807) is 42.5 Å². The van der Waals surface area contributed by atoms with Gasteiger partial charge in [-0.2, -0.15) is 0 Å². The zero-order valence-electron chi connectivity index (χ0n) is 19.1. The van der Waals surface area contributed by atoms with Gasteiger partial charge in [0.15, 0.2) is 11.6 Å². The van der Waals surface area contributed by atoms with Crippen LogP contribution in [0.1, 0.15) is 17.5 Å². The standard InChI is InChI=1S/C30H25F3O2/c1-2-3-18-35-25-15-17-26(28(31)19-25)21-7-4-20(5-8-21)6-9-23-12-16-27(30(33)29(23)32)22-10-13-24(34)14-11-22/h2,4-5,7-8,10-17,19,34H,1,3,6,9,18H2. The minimum absolute atomic E-state index is 0.0605. The van der Waals surface area contributed by atoms with Crippen molar-refractivity contribution in [3.8, 4) is 33.8 Å². The lowest BCUT2D eigenvalue weighted by Gasteiger charge is -2.10. The fourth-order valence-electron chi connectivity index (χ4n) is 3.86. The molecule has 0 aliphatic rings. The number of rotatable bonds is 9. The van der Waals surface area contributed by atoms with Crippen LogP contribution in [0, 0.1) is 17.5 Å². The highest BCUT2D eigenvalue weighted by molar-refractivity contribution is 5.66. The number of aromatic hydroxyl groups is 1. The van der Waals surface area contributed by atoms with Crippen molar-refractivity contribution in [1.82, 2.24) is 0 Å². The molecule has 1 N–H and O–H groups in total. The third-order valence-electron chi connectivity index (χ3n) is 5.82. The first-order valence-corrected chi connectivity index (χ1v) is 11.3. The average Bonchev–Trinajstić information content (AvgIpc) is 2.86. The summed E-state index contributed by atoms with van der Waals surface area (Å²) in [6.07, 6.45) is 3.25. The van der Waals surface area contributed by atoms with Gasteiger partial charge in [0.1, 0.15) is 17.3 Å². The highest BCUT2D eigenvalue weighted by atomic mass is 19.2. The summed E-state index contributed by atoms with van der Waals surface area (Å²) in [4.78, 5) is 0. The summed E-state index contributed by atoms with van der Waals surface area (Å²) in [6, 6.07) is 21.2. The van der Waals surface area contributed by atoms with Crippen LogP contribution in [0.4, 0.5) is 13.2 Å². The van der Waals surface area contributed by atoms with E-state index in [0.717, 1.165) is 11.1 Å². The van der Waals surface area contributed by atoms with Crippen LogP contribution in [0.3, 0.4) is 0 Å². The fraction of sp³-hybridized carbons (Fsp3) is 0.133. The van der Waals surface area contributed by atoms with Crippen LogP contribution in [-0.4, -0.2) is 11.7 Å². The third kappa shape index (κ3) is 5.75. The molecule has 5 heteroatoms. The van der Waals surface area contributed by atoms with Gasteiger partial charge in [-0.1, -0.05) is 54.6 Å². The zero-order valence-corrected chi connectivity index (χ0v) is 19.1. The number of ether oxygens (including phenoxy) is 1. The molecule has 0 saturated heterocycles. The predicted octanol–water partition coefficient (Wildman–Crippen LogP) is 7.88. The first-order valence-electron chi connectivity index (χ1n) is 11.3. The Balaban J connectivity index is 1.43. The Hall–Kier alpha value is -3.99. The molecule has 35 heavy (non-hydrogen) atoms. The maximum Gasteiger partial charge on any atom is 0.166 e. The summed E-state index contributed by atoms with van der Waals surface area (Å²) in [7, 11) is 0. The lowest BCUT2D eigenvalue weighted by atomic mass is 9.97. The molecule has 0 heterocycles. The molecule has 0 radical (unpaired) electrons. The Labute approximate surface area is 203 Å². The molecule has 4 aromatic carbocycles. The molecule has 2 nitrogen and oxygen atoms in total. The van der Waals surface area contributed by atoms with Gasteiger partial charge in [0, 0.05) is 17.2 Å².